The second-order valence-electron chi connectivity index (χ2n) is 6.50. The van der Waals surface area contributed by atoms with Crippen molar-refractivity contribution in [1.29, 1.82) is 0 Å². The van der Waals surface area contributed by atoms with E-state index in [0.29, 0.717) is 37.6 Å². The van der Waals surface area contributed by atoms with Crippen LogP contribution >= 0.6 is 0 Å². The van der Waals surface area contributed by atoms with E-state index in [2.05, 4.69) is 28.6 Å². The molecular weight excluding hydrogens is 308 g/mol. The maximum Gasteiger partial charge on any atom is 0.256 e. The number of carbonyl (C=O) groups excluding carboxylic acids is 1. The molecule has 2 aromatic heterocycles. The molecule has 0 aliphatic carbocycles. The van der Waals surface area contributed by atoms with Crippen molar-refractivity contribution < 1.29 is 13.9 Å². The molecule has 2 aromatic rings. The third-order valence-electron chi connectivity index (χ3n) is 4.45. The topological polar surface area (TPSA) is 73.4 Å². The van der Waals surface area contributed by atoms with Gasteiger partial charge in [-0.25, -0.2) is 0 Å². The zero-order chi connectivity index (χ0) is 17.4. The number of carbonyl (C=O) groups is 1. The van der Waals surface area contributed by atoms with Crippen LogP contribution in [0.15, 0.2) is 10.5 Å². The van der Waals surface area contributed by atoms with Gasteiger partial charge < -0.3 is 18.6 Å². The number of hydrogen-bond donors (Lipinski definition) is 0. The average molecular weight is 332 g/mol. The van der Waals surface area contributed by atoms with Crippen LogP contribution in [0.5, 0.6) is 0 Å². The Hall–Kier alpha value is -2.15. The Morgan fingerprint density at radius 2 is 2.04 bits per heavy atom. The van der Waals surface area contributed by atoms with Gasteiger partial charge in [-0.3, -0.25) is 4.79 Å². The van der Waals surface area contributed by atoms with Crippen molar-refractivity contribution in [2.24, 2.45) is 0 Å². The molecule has 1 aliphatic rings. The molecule has 1 atom stereocenters. The normalized spacial score (nSPS) is 18.4. The van der Waals surface area contributed by atoms with Gasteiger partial charge in [0.25, 0.3) is 5.91 Å². The number of ether oxygens (including phenoxy) is 1. The number of nitrogens with zero attached hydrogens (tertiary/aromatic N) is 4. The zero-order valence-corrected chi connectivity index (χ0v) is 14.9. The van der Waals surface area contributed by atoms with E-state index in [1.54, 1.807) is 11.8 Å². The van der Waals surface area contributed by atoms with Gasteiger partial charge in [0.15, 0.2) is 0 Å². The lowest BCUT2D eigenvalue weighted by Crippen LogP contribution is -2.43. The summed E-state index contributed by atoms with van der Waals surface area (Å²) in [6, 6.07) is 1.93. The maximum absolute atomic E-state index is 13.2. The third kappa shape index (κ3) is 2.84. The van der Waals surface area contributed by atoms with Crippen molar-refractivity contribution in [2.75, 3.05) is 19.8 Å². The van der Waals surface area contributed by atoms with Crippen molar-refractivity contribution in [3.8, 4) is 0 Å². The maximum atomic E-state index is 13.2. The van der Waals surface area contributed by atoms with Gasteiger partial charge >= 0.3 is 0 Å². The molecular formula is C17H24N4O3. The molecule has 3 rings (SSSR count). The van der Waals surface area contributed by atoms with Gasteiger partial charge in [-0.05, 0) is 33.8 Å². The Labute approximate surface area is 141 Å². The summed E-state index contributed by atoms with van der Waals surface area (Å²) in [5.74, 6) is 0.901. The minimum atomic E-state index is -0.338. The minimum absolute atomic E-state index is 0.0147. The first kappa shape index (κ1) is 16.7. The molecule has 0 saturated carbocycles. The predicted molar refractivity (Wildman–Crippen MR) is 87.9 cm³/mol. The Bertz CT molecular complexity index is 747. The molecule has 0 bridgehead atoms. The highest BCUT2D eigenvalue weighted by Crippen LogP contribution is 2.28. The summed E-state index contributed by atoms with van der Waals surface area (Å²) in [6.07, 6.45) is 0. The second kappa shape index (κ2) is 6.39. The van der Waals surface area contributed by atoms with Gasteiger partial charge in [0, 0.05) is 30.9 Å². The van der Waals surface area contributed by atoms with Crippen LogP contribution in [0.4, 0.5) is 0 Å². The van der Waals surface area contributed by atoms with E-state index in [1.165, 1.54) is 0 Å². The number of amides is 1. The second-order valence-corrected chi connectivity index (χ2v) is 6.50. The van der Waals surface area contributed by atoms with Gasteiger partial charge in [-0.15, -0.1) is 10.2 Å². The van der Waals surface area contributed by atoms with Gasteiger partial charge in [-0.1, -0.05) is 0 Å². The van der Waals surface area contributed by atoms with Crippen LogP contribution < -0.4 is 0 Å². The van der Waals surface area contributed by atoms with Crippen LogP contribution in [0.1, 0.15) is 59.5 Å². The highest BCUT2D eigenvalue weighted by molar-refractivity contribution is 5.96. The van der Waals surface area contributed by atoms with Crippen molar-refractivity contribution >= 4 is 5.91 Å². The molecule has 3 heterocycles. The summed E-state index contributed by atoms with van der Waals surface area (Å²) in [6.45, 7) is 11.4. The largest absolute Gasteiger partial charge is 0.423 e. The molecule has 1 fully saturated rings. The van der Waals surface area contributed by atoms with E-state index < -0.39 is 0 Å². The quantitative estimate of drug-likeness (QED) is 0.864. The molecule has 1 saturated heterocycles. The van der Waals surface area contributed by atoms with Crippen LogP contribution in [0.2, 0.25) is 0 Å². The number of aromatic nitrogens is 3. The highest BCUT2D eigenvalue weighted by atomic mass is 16.5. The first-order valence-electron chi connectivity index (χ1n) is 8.27. The SMILES string of the molecule is Cc1nnc([C@@H]2COCCN2C(=O)c2cc(C)n(C(C)C)c2C)o1. The summed E-state index contributed by atoms with van der Waals surface area (Å²) in [5, 5.41) is 7.95. The minimum Gasteiger partial charge on any atom is -0.423 e. The lowest BCUT2D eigenvalue weighted by atomic mass is 10.1. The smallest absolute Gasteiger partial charge is 0.256 e. The van der Waals surface area contributed by atoms with E-state index in [9.17, 15) is 4.79 Å². The van der Waals surface area contributed by atoms with Crippen LogP contribution in [0.3, 0.4) is 0 Å². The van der Waals surface area contributed by atoms with Gasteiger partial charge in [-0.2, -0.15) is 0 Å². The Kier molecular flexibility index (Phi) is 4.45. The molecule has 0 unspecified atom stereocenters. The van der Waals surface area contributed by atoms with E-state index in [0.717, 1.165) is 17.0 Å². The molecule has 0 radical (unpaired) electrons. The van der Waals surface area contributed by atoms with E-state index >= 15 is 0 Å². The molecule has 0 spiro atoms. The molecule has 0 N–H and O–H groups in total. The summed E-state index contributed by atoms with van der Waals surface area (Å²) >= 11 is 0. The van der Waals surface area contributed by atoms with Crippen molar-refractivity contribution in [2.45, 2.75) is 46.7 Å². The molecule has 24 heavy (non-hydrogen) atoms. The summed E-state index contributed by atoms with van der Waals surface area (Å²) in [5.41, 5.74) is 2.80. The Morgan fingerprint density at radius 3 is 2.62 bits per heavy atom. The monoisotopic (exact) mass is 332 g/mol. The molecule has 7 nitrogen and oxygen atoms in total. The Morgan fingerprint density at radius 1 is 1.29 bits per heavy atom. The molecule has 7 heteroatoms. The number of morpholine rings is 1. The molecule has 0 aromatic carbocycles. The van der Waals surface area contributed by atoms with E-state index in [-0.39, 0.29) is 11.9 Å². The van der Waals surface area contributed by atoms with Gasteiger partial charge in [0.1, 0.15) is 6.04 Å². The standard InChI is InChI=1S/C17H24N4O3/c1-10(2)21-11(3)8-14(12(21)4)17(22)20-6-7-23-9-15(20)16-19-18-13(5)24-16/h8,10,15H,6-7,9H2,1-5H3/t15-/m0/s1. The summed E-state index contributed by atoms with van der Waals surface area (Å²) < 4.78 is 13.2. The van der Waals surface area contributed by atoms with E-state index in [1.807, 2.05) is 19.9 Å². The number of hydrogen-bond acceptors (Lipinski definition) is 5. The van der Waals surface area contributed by atoms with Gasteiger partial charge in [0.2, 0.25) is 11.8 Å². The average Bonchev–Trinajstić information content (AvgIpc) is 3.10. The fourth-order valence-corrected chi connectivity index (χ4v) is 3.44. The third-order valence-corrected chi connectivity index (χ3v) is 4.45. The first-order valence-corrected chi connectivity index (χ1v) is 8.27. The first-order chi connectivity index (χ1) is 11.4. The molecule has 1 amide bonds. The number of aryl methyl sites for hydroxylation is 2. The zero-order valence-electron chi connectivity index (χ0n) is 14.9. The van der Waals surface area contributed by atoms with Gasteiger partial charge in [0.05, 0.1) is 18.8 Å². The van der Waals surface area contributed by atoms with Crippen LogP contribution in [0, 0.1) is 20.8 Å². The fraction of sp³-hybridized carbons (Fsp3) is 0.588. The number of rotatable bonds is 3. The highest BCUT2D eigenvalue weighted by Gasteiger charge is 2.34. The molecule has 130 valence electrons. The lowest BCUT2D eigenvalue weighted by molar-refractivity contribution is -0.0106. The van der Waals surface area contributed by atoms with Crippen molar-refractivity contribution in [3.05, 3.63) is 34.8 Å². The van der Waals surface area contributed by atoms with E-state index in [4.69, 9.17) is 9.15 Å². The van der Waals surface area contributed by atoms with Crippen LogP contribution in [-0.4, -0.2) is 45.3 Å². The van der Waals surface area contributed by atoms with Crippen molar-refractivity contribution in [1.82, 2.24) is 19.7 Å². The van der Waals surface area contributed by atoms with Crippen LogP contribution in [0.25, 0.3) is 0 Å². The fourth-order valence-electron chi connectivity index (χ4n) is 3.44. The summed E-state index contributed by atoms with van der Waals surface area (Å²) in [4.78, 5) is 14.9. The molecule has 1 aliphatic heterocycles. The van der Waals surface area contributed by atoms with Crippen molar-refractivity contribution in [3.63, 3.8) is 0 Å². The Balaban J connectivity index is 1.94. The lowest BCUT2D eigenvalue weighted by Gasteiger charge is -2.33. The van der Waals surface area contributed by atoms with Crippen LogP contribution in [-0.2, 0) is 4.74 Å². The predicted octanol–water partition coefficient (Wildman–Crippen LogP) is 2.59. The summed E-state index contributed by atoms with van der Waals surface area (Å²) in [7, 11) is 0.